The van der Waals surface area contributed by atoms with Crippen LogP contribution in [-0.4, -0.2) is 56.1 Å². The summed E-state index contributed by atoms with van der Waals surface area (Å²) in [7, 11) is 3.23. The average Bonchev–Trinajstić information content (AvgIpc) is 3.75. The molecule has 4 aromatic rings. The topological polar surface area (TPSA) is 81.4 Å². The molecule has 1 atom stereocenters. The Balaban J connectivity index is 1.40. The molecule has 194 valence electrons. The number of furan rings is 1. The third-order valence-electron chi connectivity index (χ3n) is 7.18. The highest BCUT2D eigenvalue weighted by Crippen LogP contribution is 2.46. The van der Waals surface area contributed by atoms with Crippen molar-refractivity contribution in [1.29, 1.82) is 0 Å². The summed E-state index contributed by atoms with van der Waals surface area (Å²) < 4.78 is 22.5. The SMILES string of the molecule is C#CC(ON=C1c2cc(OC)c(OC)cc2-c2[nH]c3ccc(OCCN4CCCC4)cc3c21)c1ccoc1. The van der Waals surface area contributed by atoms with Crippen molar-refractivity contribution in [2.24, 2.45) is 5.16 Å². The van der Waals surface area contributed by atoms with Crippen LogP contribution in [0, 0.1) is 12.3 Å². The molecule has 0 bridgehead atoms. The number of ether oxygens (including phenoxy) is 3. The first-order chi connectivity index (χ1) is 18.7. The van der Waals surface area contributed by atoms with Crippen molar-refractivity contribution in [2.75, 3.05) is 40.5 Å². The van der Waals surface area contributed by atoms with Crippen LogP contribution in [0.5, 0.6) is 17.2 Å². The Morgan fingerprint density at radius 3 is 2.58 bits per heavy atom. The number of likely N-dealkylation sites (tertiary alicyclic amines) is 1. The number of benzene rings is 2. The zero-order valence-electron chi connectivity index (χ0n) is 21.5. The number of oxime groups is 1. The van der Waals surface area contributed by atoms with Crippen LogP contribution in [0.1, 0.15) is 35.6 Å². The molecule has 1 unspecified atom stereocenters. The van der Waals surface area contributed by atoms with Crippen LogP contribution in [0.2, 0.25) is 0 Å². The second-order valence-corrected chi connectivity index (χ2v) is 9.38. The number of aromatic nitrogens is 1. The number of terminal acetylenes is 1. The fourth-order valence-corrected chi connectivity index (χ4v) is 5.24. The summed E-state index contributed by atoms with van der Waals surface area (Å²) in [5, 5.41) is 5.58. The highest BCUT2D eigenvalue weighted by Gasteiger charge is 2.32. The van der Waals surface area contributed by atoms with Gasteiger partial charge < -0.3 is 28.4 Å². The van der Waals surface area contributed by atoms with Gasteiger partial charge in [-0.1, -0.05) is 11.1 Å². The molecule has 2 aromatic heterocycles. The first-order valence-corrected chi connectivity index (χ1v) is 12.7. The normalized spacial score (nSPS) is 16.3. The number of rotatable bonds is 9. The zero-order chi connectivity index (χ0) is 26.1. The van der Waals surface area contributed by atoms with Crippen molar-refractivity contribution in [1.82, 2.24) is 9.88 Å². The summed E-state index contributed by atoms with van der Waals surface area (Å²) in [6.45, 7) is 3.87. The Labute approximate surface area is 221 Å². The number of methoxy groups -OCH3 is 2. The molecule has 2 aliphatic rings. The minimum absolute atomic E-state index is 0.600. The lowest BCUT2D eigenvalue weighted by molar-refractivity contribution is 0.0996. The van der Waals surface area contributed by atoms with Gasteiger partial charge in [-0.15, -0.1) is 6.42 Å². The van der Waals surface area contributed by atoms with E-state index in [2.05, 4.69) is 27.0 Å². The van der Waals surface area contributed by atoms with E-state index in [4.69, 9.17) is 29.9 Å². The number of H-pyrrole nitrogens is 1. The van der Waals surface area contributed by atoms with Gasteiger partial charge in [-0.25, -0.2) is 0 Å². The molecule has 6 rings (SSSR count). The van der Waals surface area contributed by atoms with Crippen LogP contribution in [0.4, 0.5) is 0 Å². The first-order valence-electron chi connectivity index (χ1n) is 12.7. The van der Waals surface area contributed by atoms with Gasteiger partial charge in [0.05, 0.1) is 32.4 Å². The van der Waals surface area contributed by atoms with Gasteiger partial charge in [-0.3, -0.25) is 4.90 Å². The van der Waals surface area contributed by atoms with Crippen molar-refractivity contribution < 1.29 is 23.5 Å². The summed E-state index contributed by atoms with van der Waals surface area (Å²) in [6, 6.07) is 11.7. The summed E-state index contributed by atoms with van der Waals surface area (Å²) in [4.78, 5) is 11.9. The van der Waals surface area contributed by atoms with Crippen molar-refractivity contribution >= 4 is 16.6 Å². The van der Waals surface area contributed by atoms with Gasteiger partial charge in [0.25, 0.3) is 0 Å². The maximum Gasteiger partial charge on any atom is 0.215 e. The third-order valence-corrected chi connectivity index (χ3v) is 7.18. The van der Waals surface area contributed by atoms with Crippen LogP contribution in [0.15, 0.2) is 58.5 Å². The van der Waals surface area contributed by atoms with Crippen molar-refractivity contribution in [2.45, 2.75) is 18.9 Å². The molecule has 8 heteroatoms. The first kappa shape index (κ1) is 24.0. The van der Waals surface area contributed by atoms with E-state index in [0.29, 0.717) is 23.8 Å². The van der Waals surface area contributed by atoms with Crippen LogP contribution < -0.4 is 14.2 Å². The lowest BCUT2D eigenvalue weighted by atomic mass is 10.1. The third kappa shape index (κ3) is 4.25. The molecule has 1 fully saturated rings. The van der Waals surface area contributed by atoms with Gasteiger partial charge in [0.2, 0.25) is 6.10 Å². The second-order valence-electron chi connectivity index (χ2n) is 9.38. The molecule has 2 aromatic carbocycles. The van der Waals surface area contributed by atoms with E-state index in [0.717, 1.165) is 64.2 Å². The van der Waals surface area contributed by atoms with Crippen LogP contribution in [-0.2, 0) is 4.84 Å². The predicted molar refractivity (Wildman–Crippen MR) is 145 cm³/mol. The largest absolute Gasteiger partial charge is 0.493 e. The van der Waals surface area contributed by atoms with Gasteiger partial charge >= 0.3 is 0 Å². The van der Waals surface area contributed by atoms with E-state index in [1.807, 2.05) is 24.3 Å². The summed E-state index contributed by atoms with van der Waals surface area (Å²) in [5.41, 5.74) is 5.97. The molecule has 0 spiro atoms. The van der Waals surface area contributed by atoms with Gasteiger partial charge in [-0.05, 0) is 62.3 Å². The minimum Gasteiger partial charge on any atom is -0.493 e. The summed E-state index contributed by atoms with van der Waals surface area (Å²) >= 11 is 0. The molecule has 3 heterocycles. The lowest BCUT2D eigenvalue weighted by Gasteiger charge is -2.15. The Morgan fingerprint density at radius 1 is 1.08 bits per heavy atom. The number of fused-ring (bicyclic) bond motifs is 5. The molecule has 0 saturated carbocycles. The molecule has 8 nitrogen and oxygen atoms in total. The molecule has 1 N–H and O–H groups in total. The molecule has 1 aliphatic carbocycles. The van der Waals surface area contributed by atoms with Crippen LogP contribution in [0.3, 0.4) is 0 Å². The van der Waals surface area contributed by atoms with E-state index in [-0.39, 0.29) is 0 Å². The van der Waals surface area contributed by atoms with Crippen molar-refractivity contribution in [3.63, 3.8) is 0 Å². The van der Waals surface area contributed by atoms with E-state index in [1.165, 1.54) is 12.8 Å². The summed E-state index contributed by atoms with van der Waals surface area (Å²) in [6.07, 6.45) is 10.7. The molecule has 0 radical (unpaired) electrons. The average molecular weight is 512 g/mol. The Kier molecular flexibility index (Phi) is 6.44. The minimum atomic E-state index is -0.691. The maximum atomic E-state index is 6.15. The van der Waals surface area contributed by atoms with Crippen LogP contribution >= 0.6 is 0 Å². The molecular formula is C30H29N3O5. The Morgan fingerprint density at radius 2 is 1.87 bits per heavy atom. The molecule has 38 heavy (non-hydrogen) atoms. The van der Waals surface area contributed by atoms with Crippen LogP contribution in [0.25, 0.3) is 22.2 Å². The quantitative estimate of drug-likeness (QED) is 0.212. The van der Waals surface area contributed by atoms with Crippen molar-refractivity contribution in [3.8, 4) is 40.8 Å². The number of aromatic amines is 1. The highest BCUT2D eigenvalue weighted by molar-refractivity contribution is 6.30. The van der Waals surface area contributed by atoms with Gasteiger partial charge in [0.15, 0.2) is 11.5 Å². The lowest BCUT2D eigenvalue weighted by Crippen LogP contribution is -2.25. The van der Waals surface area contributed by atoms with E-state index in [1.54, 1.807) is 32.8 Å². The smallest absolute Gasteiger partial charge is 0.215 e. The number of nitrogens with zero attached hydrogens (tertiary/aromatic N) is 2. The van der Waals surface area contributed by atoms with Gasteiger partial charge in [0.1, 0.15) is 18.1 Å². The second kappa shape index (κ2) is 10.2. The number of nitrogens with one attached hydrogen (secondary N) is 1. The standard InChI is InChI=1S/C30H29N3O5/c1-4-25(19-9-13-36-18-19)38-32-30-22-17-27(35-3)26(34-2)16-21(22)29-28(30)23-15-20(7-8-24(23)31-29)37-14-12-33-10-5-6-11-33/h1,7-9,13,15-18,25,31H,5-6,10-12,14H2,2-3H3. The van der Waals surface area contributed by atoms with E-state index >= 15 is 0 Å². The van der Waals surface area contributed by atoms with E-state index in [9.17, 15) is 0 Å². The zero-order valence-corrected chi connectivity index (χ0v) is 21.5. The monoisotopic (exact) mass is 511 g/mol. The van der Waals surface area contributed by atoms with Crippen molar-refractivity contribution in [3.05, 3.63) is 65.6 Å². The Hall–Kier alpha value is -4.35. The number of hydrogen-bond acceptors (Lipinski definition) is 7. The molecular weight excluding hydrogens is 482 g/mol. The summed E-state index contributed by atoms with van der Waals surface area (Å²) in [5.74, 6) is 4.68. The van der Waals surface area contributed by atoms with E-state index < -0.39 is 6.10 Å². The van der Waals surface area contributed by atoms with Gasteiger partial charge in [-0.2, -0.15) is 0 Å². The molecule has 0 amide bonds. The molecule has 1 aliphatic heterocycles. The maximum absolute atomic E-state index is 6.15. The van der Waals surface area contributed by atoms with Gasteiger partial charge in [0, 0.05) is 39.7 Å². The Bertz CT molecular complexity index is 1520. The highest BCUT2D eigenvalue weighted by atomic mass is 16.6. The predicted octanol–water partition coefficient (Wildman–Crippen LogP) is 5.38. The number of hydrogen-bond donors (Lipinski definition) is 1. The fraction of sp³-hybridized carbons (Fsp3) is 0.300. The molecule has 1 saturated heterocycles. The fourth-order valence-electron chi connectivity index (χ4n) is 5.24.